The zero-order chi connectivity index (χ0) is 19.8. The number of likely N-dealkylation sites (N-methyl/N-ethyl adjacent to an activating group) is 1. The van der Waals surface area contributed by atoms with Gasteiger partial charge in [-0.05, 0) is 26.0 Å². The van der Waals surface area contributed by atoms with E-state index in [4.69, 9.17) is 9.52 Å². The Kier molecular flexibility index (Phi) is 7.31. The zero-order valence-corrected chi connectivity index (χ0v) is 17.2. The first-order chi connectivity index (χ1) is 13.7. The maximum atomic E-state index is 4.93. The topological polar surface area (TPSA) is 60.1 Å². The van der Waals surface area contributed by atoms with Gasteiger partial charge in [0.05, 0.1) is 12.2 Å². The summed E-state index contributed by atoms with van der Waals surface area (Å²) < 4.78 is 4.93. The van der Waals surface area contributed by atoms with Crippen molar-refractivity contribution in [2.75, 3.05) is 51.2 Å². The van der Waals surface area contributed by atoms with Gasteiger partial charge in [-0.15, -0.1) is 0 Å². The van der Waals surface area contributed by atoms with Gasteiger partial charge in [0.2, 0.25) is 0 Å². The highest BCUT2D eigenvalue weighted by atomic mass is 16.5. The molecule has 0 bridgehead atoms. The first-order valence-electron chi connectivity index (χ1n) is 10.1. The minimum atomic E-state index is 0.324. The molecule has 3 rings (SSSR count). The second kappa shape index (κ2) is 10.1. The number of piperazine rings is 1. The maximum absolute atomic E-state index is 4.93. The molecule has 1 aliphatic heterocycles. The van der Waals surface area contributed by atoms with E-state index in [1.807, 2.05) is 12.1 Å². The molecule has 7 heteroatoms. The second-order valence-electron chi connectivity index (χ2n) is 7.24. The lowest BCUT2D eigenvalue weighted by atomic mass is 10.2. The van der Waals surface area contributed by atoms with Gasteiger partial charge >= 0.3 is 0 Å². The molecule has 2 aromatic rings. The van der Waals surface area contributed by atoms with Gasteiger partial charge < -0.3 is 19.6 Å². The van der Waals surface area contributed by atoms with Crippen LogP contribution in [0.15, 0.2) is 52.2 Å². The van der Waals surface area contributed by atoms with Crippen LogP contribution in [0, 0.1) is 0 Å². The zero-order valence-electron chi connectivity index (χ0n) is 17.2. The highest BCUT2D eigenvalue weighted by Crippen LogP contribution is 2.14. The van der Waals surface area contributed by atoms with Gasteiger partial charge in [0, 0.05) is 64.1 Å². The minimum Gasteiger partial charge on any atom is -0.370 e. The Bertz CT molecular complexity index is 710. The summed E-state index contributed by atoms with van der Waals surface area (Å²) in [4.78, 5) is 12.0. The summed E-state index contributed by atoms with van der Waals surface area (Å²) in [6.45, 7) is 10.7. The van der Waals surface area contributed by atoms with Crippen molar-refractivity contribution in [1.82, 2.24) is 20.3 Å². The van der Waals surface area contributed by atoms with E-state index in [0.717, 1.165) is 57.5 Å². The number of rotatable bonds is 7. The van der Waals surface area contributed by atoms with Crippen molar-refractivity contribution in [3.05, 3.63) is 48.4 Å². The van der Waals surface area contributed by atoms with Crippen molar-refractivity contribution in [2.45, 2.75) is 26.4 Å². The van der Waals surface area contributed by atoms with E-state index in [2.05, 4.69) is 70.3 Å². The SMILES string of the molecule is CCNC(=NCC(C)N(C)c1ccccc1)N1CCN(Cc2ccon2)CC1. The van der Waals surface area contributed by atoms with Crippen LogP contribution >= 0.6 is 0 Å². The monoisotopic (exact) mass is 384 g/mol. The van der Waals surface area contributed by atoms with Crippen molar-refractivity contribution in [3.8, 4) is 0 Å². The number of aromatic nitrogens is 1. The third-order valence-corrected chi connectivity index (χ3v) is 5.21. The van der Waals surface area contributed by atoms with Gasteiger partial charge in [-0.2, -0.15) is 0 Å². The number of hydrogen-bond donors (Lipinski definition) is 1. The van der Waals surface area contributed by atoms with Crippen LogP contribution in [-0.4, -0.2) is 73.3 Å². The summed E-state index contributed by atoms with van der Waals surface area (Å²) in [7, 11) is 2.13. The standard InChI is InChI=1S/C21H32N6O/c1-4-22-21(23-16-18(2)25(3)20-8-6-5-7-9-20)27-13-11-26(12-14-27)17-19-10-15-28-24-19/h5-10,15,18H,4,11-14,16-17H2,1-3H3,(H,22,23). The summed E-state index contributed by atoms with van der Waals surface area (Å²) in [5.41, 5.74) is 2.21. The number of anilines is 1. The largest absolute Gasteiger partial charge is 0.370 e. The molecule has 0 aliphatic carbocycles. The number of nitrogens with one attached hydrogen (secondary N) is 1. The minimum absolute atomic E-state index is 0.324. The molecule has 1 atom stereocenters. The number of guanidine groups is 1. The van der Waals surface area contributed by atoms with Crippen LogP contribution in [0.25, 0.3) is 0 Å². The molecule has 1 unspecified atom stereocenters. The molecule has 1 fully saturated rings. The Morgan fingerprint density at radius 3 is 2.61 bits per heavy atom. The molecule has 2 heterocycles. The van der Waals surface area contributed by atoms with Crippen LogP contribution in [0.2, 0.25) is 0 Å². The first-order valence-corrected chi connectivity index (χ1v) is 10.1. The smallest absolute Gasteiger partial charge is 0.194 e. The van der Waals surface area contributed by atoms with E-state index in [1.54, 1.807) is 6.26 Å². The van der Waals surface area contributed by atoms with Crippen LogP contribution in [-0.2, 0) is 6.54 Å². The molecule has 1 aliphatic rings. The predicted octanol–water partition coefficient (Wildman–Crippen LogP) is 2.28. The number of hydrogen-bond acceptors (Lipinski definition) is 5. The molecule has 1 aromatic heterocycles. The number of nitrogens with zero attached hydrogens (tertiary/aromatic N) is 5. The number of aliphatic imine (C=N–C) groups is 1. The molecule has 0 amide bonds. The van der Waals surface area contributed by atoms with Crippen LogP contribution in [0.4, 0.5) is 5.69 Å². The lowest BCUT2D eigenvalue weighted by molar-refractivity contribution is 0.169. The molecule has 1 N–H and O–H groups in total. The number of para-hydroxylation sites is 1. The molecule has 152 valence electrons. The van der Waals surface area contributed by atoms with E-state index in [0.29, 0.717) is 6.04 Å². The summed E-state index contributed by atoms with van der Waals surface area (Å²) in [5.74, 6) is 1.01. The van der Waals surface area contributed by atoms with Gasteiger partial charge in [0.1, 0.15) is 6.26 Å². The van der Waals surface area contributed by atoms with Crippen molar-refractivity contribution in [1.29, 1.82) is 0 Å². The van der Waals surface area contributed by atoms with Crippen LogP contribution in [0.1, 0.15) is 19.5 Å². The van der Waals surface area contributed by atoms with Gasteiger partial charge in [-0.25, -0.2) is 0 Å². The average Bonchev–Trinajstić information content (AvgIpc) is 3.24. The number of benzene rings is 1. The highest BCUT2D eigenvalue weighted by Gasteiger charge is 2.20. The molecule has 0 radical (unpaired) electrons. The quantitative estimate of drug-likeness (QED) is 0.584. The van der Waals surface area contributed by atoms with Crippen LogP contribution < -0.4 is 10.2 Å². The van der Waals surface area contributed by atoms with E-state index in [9.17, 15) is 0 Å². The van der Waals surface area contributed by atoms with E-state index < -0.39 is 0 Å². The molecular formula is C21H32N6O. The van der Waals surface area contributed by atoms with Crippen LogP contribution in [0.3, 0.4) is 0 Å². The van der Waals surface area contributed by atoms with Gasteiger partial charge in [-0.3, -0.25) is 9.89 Å². The summed E-state index contributed by atoms with van der Waals surface area (Å²) >= 11 is 0. The molecular weight excluding hydrogens is 352 g/mol. The Hall–Kier alpha value is -2.54. The second-order valence-corrected chi connectivity index (χ2v) is 7.24. The Labute approximate surface area is 168 Å². The normalized spacial score (nSPS) is 16.8. The fourth-order valence-corrected chi connectivity index (χ4v) is 3.35. The van der Waals surface area contributed by atoms with Gasteiger partial charge in [0.15, 0.2) is 5.96 Å². The lowest BCUT2D eigenvalue weighted by Gasteiger charge is -2.36. The van der Waals surface area contributed by atoms with E-state index in [-0.39, 0.29) is 0 Å². The summed E-state index contributed by atoms with van der Waals surface area (Å²) in [6.07, 6.45) is 1.63. The Balaban J connectivity index is 1.54. The van der Waals surface area contributed by atoms with Crippen molar-refractivity contribution in [2.24, 2.45) is 4.99 Å². The molecule has 1 saturated heterocycles. The highest BCUT2D eigenvalue weighted by molar-refractivity contribution is 5.80. The van der Waals surface area contributed by atoms with Crippen molar-refractivity contribution < 1.29 is 4.52 Å². The average molecular weight is 385 g/mol. The van der Waals surface area contributed by atoms with Gasteiger partial charge in [-0.1, -0.05) is 23.4 Å². The third-order valence-electron chi connectivity index (χ3n) is 5.21. The Morgan fingerprint density at radius 2 is 1.96 bits per heavy atom. The molecule has 28 heavy (non-hydrogen) atoms. The maximum Gasteiger partial charge on any atom is 0.194 e. The van der Waals surface area contributed by atoms with E-state index >= 15 is 0 Å². The van der Waals surface area contributed by atoms with Crippen molar-refractivity contribution >= 4 is 11.6 Å². The fourth-order valence-electron chi connectivity index (χ4n) is 3.35. The third kappa shape index (κ3) is 5.48. The lowest BCUT2D eigenvalue weighted by Crippen LogP contribution is -2.52. The van der Waals surface area contributed by atoms with Gasteiger partial charge in [0.25, 0.3) is 0 Å². The summed E-state index contributed by atoms with van der Waals surface area (Å²) in [6, 6.07) is 12.7. The molecule has 0 saturated carbocycles. The molecule has 1 aromatic carbocycles. The molecule has 0 spiro atoms. The van der Waals surface area contributed by atoms with Crippen LogP contribution in [0.5, 0.6) is 0 Å². The molecule has 7 nitrogen and oxygen atoms in total. The van der Waals surface area contributed by atoms with Crippen molar-refractivity contribution in [3.63, 3.8) is 0 Å². The van der Waals surface area contributed by atoms with E-state index in [1.165, 1.54) is 5.69 Å². The first kappa shape index (κ1) is 20.2. The summed E-state index contributed by atoms with van der Waals surface area (Å²) in [5, 5.41) is 7.47. The predicted molar refractivity (Wildman–Crippen MR) is 114 cm³/mol. The Morgan fingerprint density at radius 1 is 1.21 bits per heavy atom. The fraction of sp³-hybridized carbons (Fsp3) is 0.524.